The second-order valence-electron chi connectivity index (χ2n) is 7.92. The predicted molar refractivity (Wildman–Crippen MR) is 106 cm³/mol. The Morgan fingerprint density at radius 1 is 1.33 bits per heavy atom. The van der Waals surface area contributed by atoms with E-state index < -0.39 is 6.17 Å². The van der Waals surface area contributed by atoms with Crippen molar-refractivity contribution in [3.63, 3.8) is 0 Å². The minimum absolute atomic E-state index is 0.00967. The van der Waals surface area contributed by atoms with Crippen LogP contribution in [0.3, 0.4) is 0 Å². The lowest BCUT2D eigenvalue weighted by Gasteiger charge is -2.24. The van der Waals surface area contributed by atoms with Gasteiger partial charge in [0.2, 0.25) is 5.91 Å². The number of alkyl halides is 1. The van der Waals surface area contributed by atoms with E-state index in [-0.39, 0.29) is 18.5 Å². The molecule has 0 radical (unpaired) electrons. The quantitative estimate of drug-likeness (QED) is 0.899. The van der Waals surface area contributed by atoms with E-state index in [1.165, 1.54) is 5.56 Å². The number of pyridine rings is 1. The predicted octanol–water partition coefficient (Wildman–Crippen LogP) is 2.99. The van der Waals surface area contributed by atoms with Crippen LogP contribution < -0.4 is 5.32 Å². The van der Waals surface area contributed by atoms with E-state index in [0.717, 1.165) is 36.1 Å². The molecular weight excluding hydrogens is 343 g/mol. The van der Waals surface area contributed by atoms with E-state index in [1.54, 1.807) is 4.90 Å². The summed E-state index contributed by atoms with van der Waals surface area (Å²) in [6.45, 7) is 6.34. The number of halogens is 1. The minimum atomic E-state index is -0.875. The van der Waals surface area contributed by atoms with E-state index in [4.69, 9.17) is 0 Å². The van der Waals surface area contributed by atoms with E-state index in [0.29, 0.717) is 19.0 Å². The Balaban J connectivity index is 1.38. The molecule has 144 valence electrons. The van der Waals surface area contributed by atoms with Gasteiger partial charge in [0.15, 0.2) is 0 Å². The average Bonchev–Trinajstić information content (AvgIpc) is 3.21. The number of carbonyl (C=O) groups excluding carboxylic acids is 1. The maximum absolute atomic E-state index is 13.5. The lowest BCUT2D eigenvalue weighted by atomic mass is 10.1. The van der Waals surface area contributed by atoms with E-state index in [9.17, 15) is 9.18 Å². The summed E-state index contributed by atoms with van der Waals surface area (Å²) in [5.41, 5.74) is 3.28. The van der Waals surface area contributed by atoms with Crippen molar-refractivity contribution < 1.29 is 9.18 Å². The summed E-state index contributed by atoms with van der Waals surface area (Å²) in [4.78, 5) is 20.9. The maximum atomic E-state index is 13.5. The molecule has 3 atom stereocenters. The fourth-order valence-corrected chi connectivity index (χ4v) is 4.36. The number of likely N-dealkylation sites (tertiary alicyclic amines) is 2. The van der Waals surface area contributed by atoms with Crippen LogP contribution in [-0.2, 0) is 4.79 Å². The molecule has 0 aliphatic carbocycles. The number of carbonyl (C=O) groups is 1. The van der Waals surface area contributed by atoms with Gasteiger partial charge in [0.05, 0.1) is 18.6 Å². The Labute approximate surface area is 159 Å². The summed E-state index contributed by atoms with van der Waals surface area (Å²) < 4.78 is 13.5. The molecule has 2 fully saturated rings. The zero-order valence-corrected chi connectivity index (χ0v) is 16.0. The van der Waals surface area contributed by atoms with Crippen LogP contribution in [0.4, 0.5) is 10.1 Å². The van der Waals surface area contributed by atoms with Gasteiger partial charge in [0, 0.05) is 48.9 Å². The summed E-state index contributed by atoms with van der Waals surface area (Å²) in [6, 6.07) is 8.55. The first kappa shape index (κ1) is 18.2. The third kappa shape index (κ3) is 3.76. The Morgan fingerprint density at radius 2 is 2.19 bits per heavy atom. The molecule has 1 amide bonds. The molecule has 1 aromatic carbocycles. The van der Waals surface area contributed by atoms with Gasteiger partial charge in [-0.05, 0) is 31.9 Å². The largest absolute Gasteiger partial charge is 0.380 e. The van der Waals surface area contributed by atoms with Gasteiger partial charge in [-0.2, -0.15) is 0 Å². The number of rotatable bonds is 4. The molecule has 0 bridgehead atoms. The van der Waals surface area contributed by atoms with Gasteiger partial charge >= 0.3 is 0 Å². The smallest absolute Gasteiger partial charge is 0.237 e. The maximum Gasteiger partial charge on any atom is 0.237 e. The number of nitrogens with zero attached hydrogens (tertiary/aromatic N) is 3. The standard InChI is InChI=1S/C21H27FN4O/c1-14-4-3-5-18-19(6-8-23-21(14)18)24-17-7-9-25(12-17)13-20(27)26-11-16(22)10-15(26)2/h3-6,8,15-17H,7,9-13H2,1-2H3,(H,23,24)/t15-,16+,17-/m1/s1. The molecule has 1 N–H and O–H groups in total. The molecule has 5 nitrogen and oxygen atoms in total. The van der Waals surface area contributed by atoms with Crippen LogP contribution in [0.15, 0.2) is 30.5 Å². The molecule has 2 aliphatic rings. The van der Waals surface area contributed by atoms with Crippen LogP contribution >= 0.6 is 0 Å². The summed E-state index contributed by atoms with van der Waals surface area (Å²) in [5, 5.41) is 4.76. The van der Waals surface area contributed by atoms with Gasteiger partial charge in [-0.25, -0.2) is 4.39 Å². The fraction of sp³-hybridized carbons (Fsp3) is 0.524. The number of hydrogen-bond donors (Lipinski definition) is 1. The highest BCUT2D eigenvalue weighted by Gasteiger charge is 2.34. The molecule has 2 aliphatic heterocycles. The number of aryl methyl sites for hydroxylation is 1. The monoisotopic (exact) mass is 370 g/mol. The van der Waals surface area contributed by atoms with Crippen LogP contribution in [-0.4, -0.2) is 65.1 Å². The number of para-hydroxylation sites is 1. The Morgan fingerprint density at radius 3 is 2.96 bits per heavy atom. The number of fused-ring (bicyclic) bond motifs is 1. The number of nitrogens with one attached hydrogen (secondary N) is 1. The molecule has 27 heavy (non-hydrogen) atoms. The second kappa shape index (κ2) is 7.43. The third-order valence-electron chi connectivity index (χ3n) is 5.81. The van der Waals surface area contributed by atoms with Crippen LogP contribution in [0.25, 0.3) is 10.9 Å². The zero-order chi connectivity index (χ0) is 19.0. The van der Waals surface area contributed by atoms with Crippen molar-refractivity contribution in [2.24, 2.45) is 0 Å². The molecule has 3 heterocycles. The lowest BCUT2D eigenvalue weighted by Crippen LogP contribution is -2.42. The highest BCUT2D eigenvalue weighted by Crippen LogP contribution is 2.26. The van der Waals surface area contributed by atoms with E-state index in [2.05, 4.69) is 40.3 Å². The average molecular weight is 370 g/mol. The van der Waals surface area contributed by atoms with Crippen molar-refractivity contribution in [3.8, 4) is 0 Å². The van der Waals surface area contributed by atoms with Crippen LogP contribution in [0.1, 0.15) is 25.3 Å². The van der Waals surface area contributed by atoms with Crippen molar-refractivity contribution in [1.82, 2.24) is 14.8 Å². The SMILES string of the molecule is Cc1cccc2c(N[C@@H]3CCN(CC(=O)N4C[C@@H](F)C[C@H]4C)C3)ccnc12. The van der Waals surface area contributed by atoms with E-state index >= 15 is 0 Å². The number of aromatic nitrogens is 1. The van der Waals surface area contributed by atoms with Crippen molar-refractivity contribution >= 4 is 22.5 Å². The third-order valence-corrected chi connectivity index (χ3v) is 5.81. The van der Waals surface area contributed by atoms with Crippen LogP contribution in [0.2, 0.25) is 0 Å². The number of anilines is 1. The van der Waals surface area contributed by atoms with Crippen LogP contribution in [0, 0.1) is 6.92 Å². The van der Waals surface area contributed by atoms with Gasteiger partial charge in [0.25, 0.3) is 0 Å². The number of benzene rings is 1. The topological polar surface area (TPSA) is 48.5 Å². The van der Waals surface area contributed by atoms with Gasteiger partial charge in [0.1, 0.15) is 6.17 Å². The zero-order valence-electron chi connectivity index (χ0n) is 16.0. The summed E-state index contributed by atoms with van der Waals surface area (Å²) in [6.07, 6.45) is 2.42. The first-order chi connectivity index (χ1) is 13.0. The van der Waals surface area contributed by atoms with Crippen molar-refractivity contribution in [1.29, 1.82) is 0 Å². The Hall–Kier alpha value is -2.21. The Kier molecular flexibility index (Phi) is 5.00. The number of amides is 1. The second-order valence-corrected chi connectivity index (χ2v) is 7.92. The molecule has 6 heteroatoms. The van der Waals surface area contributed by atoms with Gasteiger partial charge in [-0.3, -0.25) is 14.7 Å². The summed E-state index contributed by atoms with van der Waals surface area (Å²) in [7, 11) is 0. The van der Waals surface area contributed by atoms with Gasteiger partial charge < -0.3 is 10.2 Å². The highest BCUT2D eigenvalue weighted by molar-refractivity contribution is 5.93. The molecule has 0 spiro atoms. The lowest BCUT2D eigenvalue weighted by molar-refractivity contribution is -0.132. The first-order valence-corrected chi connectivity index (χ1v) is 9.78. The van der Waals surface area contributed by atoms with E-state index in [1.807, 2.05) is 19.2 Å². The van der Waals surface area contributed by atoms with Gasteiger partial charge in [-0.1, -0.05) is 18.2 Å². The normalized spacial score (nSPS) is 26.0. The number of hydrogen-bond acceptors (Lipinski definition) is 4. The Bertz CT molecular complexity index is 842. The van der Waals surface area contributed by atoms with Crippen LogP contribution in [0.5, 0.6) is 0 Å². The molecule has 0 unspecified atom stereocenters. The molecule has 1 aromatic heterocycles. The molecule has 0 saturated carbocycles. The molecule has 4 rings (SSSR count). The van der Waals surface area contributed by atoms with Crippen molar-refractivity contribution in [2.75, 3.05) is 31.5 Å². The van der Waals surface area contributed by atoms with Crippen molar-refractivity contribution in [3.05, 3.63) is 36.0 Å². The van der Waals surface area contributed by atoms with Gasteiger partial charge in [-0.15, -0.1) is 0 Å². The minimum Gasteiger partial charge on any atom is -0.380 e. The highest BCUT2D eigenvalue weighted by atomic mass is 19.1. The fourth-order valence-electron chi connectivity index (χ4n) is 4.36. The molecular formula is C21H27FN4O. The van der Waals surface area contributed by atoms with Crippen molar-refractivity contribution in [2.45, 2.75) is 44.9 Å². The summed E-state index contributed by atoms with van der Waals surface area (Å²) >= 11 is 0. The molecule has 2 saturated heterocycles. The molecule has 2 aromatic rings. The first-order valence-electron chi connectivity index (χ1n) is 9.78. The summed E-state index contributed by atoms with van der Waals surface area (Å²) in [5.74, 6) is 0.0493.